The van der Waals surface area contributed by atoms with Crippen molar-refractivity contribution in [1.82, 2.24) is 19.5 Å². The number of benzene rings is 1. The summed E-state index contributed by atoms with van der Waals surface area (Å²) in [5.74, 6) is 0.401. The number of halogens is 3. The topological polar surface area (TPSA) is 50.5 Å². The molecule has 0 saturated carbocycles. The Hall–Kier alpha value is -2.90. The van der Waals surface area contributed by atoms with Gasteiger partial charge in [0, 0.05) is 31.6 Å². The number of pyridine rings is 1. The van der Waals surface area contributed by atoms with Crippen LogP contribution in [0.3, 0.4) is 0 Å². The number of hydrogen-bond donors (Lipinski definition) is 0. The van der Waals surface area contributed by atoms with Crippen molar-refractivity contribution in [3.05, 3.63) is 65.6 Å². The Kier molecular flexibility index (Phi) is 5.25. The molecule has 0 spiro atoms. The molecule has 1 unspecified atom stereocenters. The van der Waals surface area contributed by atoms with E-state index < -0.39 is 11.7 Å². The van der Waals surface area contributed by atoms with Gasteiger partial charge in [-0.15, -0.1) is 10.2 Å². The van der Waals surface area contributed by atoms with Crippen molar-refractivity contribution >= 4 is 11.6 Å². The molecule has 29 heavy (non-hydrogen) atoms. The van der Waals surface area contributed by atoms with Crippen LogP contribution >= 0.6 is 0 Å². The lowest BCUT2D eigenvalue weighted by molar-refractivity contribution is -0.137. The summed E-state index contributed by atoms with van der Waals surface area (Å²) in [6.45, 7) is 1.11. The Labute approximate surface area is 166 Å². The minimum absolute atomic E-state index is 0.0587. The first-order chi connectivity index (χ1) is 13.9. The largest absolute Gasteiger partial charge is 0.417 e. The van der Waals surface area contributed by atoms with Crippen LogP contribution in [0.2, 0.25) is 0 Å². The first-order valence-corrected chi connectivity index (χ1v) is 9.65. The molecule has 1 atom stereocenters. The number of carbonyl (C=O) groups excluding carboxylic acids is 1. The number of likely N-dealkylation sites (tertiary alicyclic amines) is 1. The molecule has 1 saturated heterocycles. The number of alkyl halides is 3. The Morgan fingerprint density at radius 2 is 1.90 bits per heavy atom. The number of amides is 1. The van der Waals surface area contributed by atoms with Crippen molar-refractivity contribution in [3.8, 4) is 0 Å². The van der Waals surface area contributed by atoms with Gasteiger partial charge < -0.3 is 4.90 Å². The summed E-state index contributed by atoms with van der Waals surface area (Å²) < 4.78 is 40.7. The number of rotatable bonds is 4. The summed E-state index contributed by atoms with van der Waals surface area (Å²) in [5.41, 5.74) is 0.746. The maximum Gasteiger partial charge on any atom is 0.417 e. The Morgan fingerprint density at radius 3 is 2.66 bits per heavy atom. The number of aromatic nitrogens is 3. The predicted octanol–water partition coefficient (Wildman–Crippen LogP) is 4.09. The predicted molar refractivity (Wildman–Crippen MR) is 101 cm³/mol. The molecular formula is C21H21F3N4O. The summed E-state index contributed by atoms with van der Waals surface area (Å²) in [5, 5.41) is 8.14. The fraction of sp³-hybridized carbons (Fsp3) is 0.381. The average Bonchev–Trinajstić information content (AvgIpc) is 3.15. The molecule has 1 fully saturated rings. The highest BCUT2D eigenvalue weighted by Crippen LogP contribution is 2.31. The van der Waals surface area contributed by atoms with E-state index in [9.17, 15) is 18.0 Å². The second-order valence-corrected chi connectivity index (χ2v) is 7.37. The van der Waals surface area contributed by atoms with Crippen molar-refractivity contribution in [1.29, 1.82) is 0 Å². The molecule has 152 valence electrons. The zero-order valence-corrected chi connectivity index (χ0v) is 15.8. The molecule has 0 bridgehead atoms. The summed E-state index contributed by atoms with van der Waals surface area (Å²) in [6, 6.07) is 12.1. The molecule has 1 amide bonds. The minimum atomic E-state index is -4.43. The number of fused-ring (bicyclic) bond motifs is 1. The molecule has 1 aromatic carbocycles. The molecule has 0 radical (unpaired) electrons. The monoisotopic (exact) mass is 402 g/mol. The lowest BCUT2D eigenvalue weighted by Crippen LogP contribution is -2.39. The van der Waals surface area contributed by atoms with Crippen LogP contribution in [0.4, 0.5) is 13.2 Å². The van der Waals surface area contributed by atoms with Gasteiger partial charge in [0.25, 0.3) is 0 Å². The summed E-state index contributed by atoms with van der Waals surface area (Å²) in [6.07, 6.45) is -0.753. The van der Waals surface area contributed by atoms with Crippen molar-refractivity contribution in [3.63, 3.8) is 0 Å². The zero-order chi connectivity index (χ0) is 20.4. The third-order valence-corrected chi connectivity index (χ3v) is 5.37. The average molecular weight is 402 g/mol. The summed E-state index contributed by atoms with van der Waals surface area (Å²) in [4.78, 5) is 14.5. The van der Waals surface area contributed by atoms with Crippen LogP contribution in [-0.4, -0.2) is 38.5 Å². The smallest absolute Gasteiger partial charge is 0.342 e. The number of aryl methyl sites for hydroxylation is 1. The van der Waals surface area contributed by atoms with Crippen LogP contribution in [0.15, 0.2) is 48.7 Å². The molecular weight excluding hydrogens is 381 g/mol. The molecule has 1 aliphatic rings. The van der Waals surface area contributed by atoms with E-state index in [1.165, 1.54) is 10.5 Å². The first kappa shape index (κ1) is 19.4. The molecule has 3 heterocycles. The van der Waals surface area contributed by atoms with Gasteiger partial charge in [0.15, 0.2) is 5.65 Å². The van der Waals surface area contributed by atoms with Crippen molar-refractivity contribution in [2.75, 3.05) is 13.1 Å². The van der Waals surface area contributed by atoms with E-state index in [2.05, 4.69) is 10.2 Å². The van der Waals surface area contributed by atoms with Crippen LogP contribution in [0.25, 0.3) is 5.65 Å². The Morgan fingerprint density at radius 1 is 1.10 bits per heavy atom. The van der Waals surface area contributed by atoms with Crippen molar-refractivity contribution in [2.24, 2.45) is 0 Å². The Balaban J connectivity index is 1.49. The van der Waals surface area contributed by atoms with Gasteiger partial charge in [-0.1, -0.05) is 30.3 Å². The van der Waals surface area contributed by atoms with E-state index in [0.717, 1.165) is 30.7 Å². The van der Waals surface area contributed by atoms with Crippen LogP contribution in [0.1, 0.15) is 42.1 Å². The van der Waals surface area contributed by atoms with E-state index >= 15 is 0 Å². The SMILES string of the molecule is O=C(CCc1ccccc1)N1CCCC(c2nnc3ccc(C(F)(F)F)cn23)C1. The maximum absolute atomic E-state index is 13.1. The molecule has 3 aromatic rings. The molecule has 4 rings (SSSR count). The fourth-order valence-electron chi connectivity index (χ4n) is 3.82. The van der Waals surface area contributed by atoms with Crippen molar-refractivity contribution in [2.45, 2.75) is 37.8 Å². The molecule has 0 N–H and O–H groups in total. The minimum Gasteiger partial charge on any atom is -0.342 e. The van der Waals surface area contributed by atoms with Gasteiger partial charge in [0.1, 0.15) is 5.82 Å². The highest BCUT2D eigenvalue weighted by Gasteiger charge is 2.32. The lowest BCUT2D eigenvalue weighted by Gasteiger charge is -2.32. The van der Waals surface area contributed by atoms with E-state index in [0.29, 0.717) is 37.4 Å². The van der Waals surface area contributed by atoms with Gasteiger partial charge >= 0.3 is 6.18 Å². The van der Waals surface area contributed by atoms with E-state index in [1.807, 2.05) is 30.3 Å². The van der Waals surface area contributed by atoms with Crippen molar-refractivity contribution < 1.29 is 18.0 Å². The van der Waals surface area contributed by atoms with Crippen LogP contribution in [-0.2, 0) is 17.4 Å². The van der Waals surface area contributed by atoms with Gasteiger partial charge in [0.05, 0.1) is 5.56 Å². The quantitative estimate of drug-likeness (QED) is 0.661. The summed E-state index contributed by atoms with van der Waals surface area (Å²) >= 11 is 0. The molecule has 1 aliphatic heterocycles. The van der Waals surface area contributed by atoms with E-state index in [1.54, 1.807) is 4.90 Å². The van der Waals surface area contributed by atoms with E-state index in [-0.39, 0.29) is 11.8 Å². The lowest BCUT2D eigenvalue weighted by atomic mass is 9.96. The molecule has 0 aliphatic carbocycles. The van der Waals surface area contributed by atoms with Gasteiger partial charge in [-0.3, -0.25) is 9.20 Å². The number of carbonyl (C=O) groups is 1. The van der Waals surface area contributed by atoms with Gasteiger partial charge in [-0.25, -0.2) is 0 Å². The fourth-order valence-corrected chi connectivity index (χ4v) is 3.82. The van der Waals surface area contributed by atoms with Crippen LogP contribution in [0.5, 0.6) is 0 Å². The van der Waals surface area contributed by atoms with E-state index in [4.69, 9.17) is 0 Å². The first-order valence-electron chi connectivity index (χ1n) is 9.65. The number of hydrogen-bond acceptors (Lipinski definition) is 3. The standard InChI is InChI=1S/C21H21F3N4O/c22-21(23,24)17-9-10-18-25-26-20(28(18)14-17)16-7-4-12-27(13-16)19(29)11-8-15-5-2-1-3-6-15/h1-3,5-6,9-10,14,16H,4,7-8,11-13H2. The third-order valence-electron chi connectivity index (χ3n) is 5.37. The Bertz CT molecular complexity index is 1000. The zero-order valence-electron chi connectivity index (χ0n) is 15.8. The van der Waals surface area contributed by atoms with Gasteiger partial charge in [-0.05, 0) is 37.0 Å². The highest BCUT2D eigenvalue weighted by atomic mass is 19.4. The molecule has 5 nitrogen and oxygen atoms in total. The highest BCUT2D eigenvalue weighted by molar-refractivity contribution is 5.76. The second-order valence-electron chi connectivity index (χ2n) is 7.37. The summed E-state index contributed by atoms with van der Waals surface area (Å²) in [7, 11) is 0. The van der Waals surface area contributed by atoms with Gasteiger partial charge in [-0.2, -0.15) is 13.2 Å². The maximum atomic E-state index is 13.1. The van der Waals surface area contributed by atoms with Crippen LogP contribution in [0, 0.1) is 0 Å². The normalized spacial score (nSPS) is 17.6. The molecule has 2 aromatic heterocycles. The molecule has 8 heteroatoms. The van der Waals surface area contributed by atoms with Gasteiger partial charge in [0.2, 0.25) is 5.91 Å². The second kappa shape index (κ2) is 7.85. The number of piperidine rings is 1. The number of nitrogens with zero attached hydrogens (tertiary/aromatic N) is 4. The third kappa shape index (κ3) is 4.26. The van der Waals surface area contributed by atoms with Crippen LogP contribution < -0.4 is 0 Å².